The highest BCUT2D eigenvalue weighted by Gasteiger charge is 2.41. The molecule has 1 N–H and O–H groups in total. The van der Waals surface area contributed by atoms with Crippen LogP contribution in [0, 0.1) is 29.6 Å². The van der Waals surface area contributed by atoms with E-state index in [-0.39, 0.29) is 17.8 Å². The highest BCUT2D eigenvalue weighted by Crippen LogP contribution is 2.49. The zero-order valence-electron chi connectivity index (χ0n) is 22.7. The molecule has 2 unspecified atom stereocenters. The molecular formula is C34H38O4. The molecule has 4 heteroatoms. The van der Waals surface area contributed by atoms with Crippen molar-refractivity contribution in [3.63, 3.8) is 0 Å². The largest absolute Gasteiger partial charge is 0.497 e. The Hall–Kier alpha value is -3.13. The van der Waals surface area contributed by atoms with E-state index in [0.717, 1.165) is 42.6 Å². The van der Waals surface area contributed by atoms with Crippen LogP contribution < -0.4 is 4.74 Å². The van der Waals surface area contributed by atoms with Crippen LogP contribution in [0.3, 0.4) is 0 Å². The van der Waals surface area contributed by atoms with E-state index in [0.29, 0.717) is 31.3 Å². The molecule has 1 heterocycles. The van der Waals surface area contributed by atoms with Gasteiger partial charge in [-0.3, -0.25) is 4.79 Å². The Balaban J connectivity index is 1.56. The number of hydrogen-bond acceptors (Lipinski definition) is 4. The molecule has 2 aromatic rings. The third kappa shape index (κ3) is 5.51. The first kappa shape index (κ1) is 26.5. The van der Waals surface area contributed by atoms with Gasteiger partial charge in [0.15, 0.2) is 5.78 Å². The molecule has 2 aliphatic carbocycles. The minimum absolute atomic E-state index is 0.180. The number of fused-ring (bicyclic) bond motifs is 2. The van der Waals surface area contributed by atoms with Crippen LogP contribution in [0.4, 0.5) is 0 Å². The first-order valence-electron chi connectivity index (χ1n) is 13.9. The fourth-order valence-corrected chi connectivity index (χ4v) is 6.25. The SMILES string of the molecule is COc1ccc([C@H]2OC[C@H](C)[C@](O)(C#Cc3ccccc3)CCC(C)C3CCC4=CC(=O)CCC4=C32)cc1. The lowest BCUT2D eigenvalue weighted by atomic mass is 9.67. The van der Waals surface area contributed by atoms with Crippen molar-refractivity contribution in [3.8, 4) is 17.6 Å². The maximum atomic E-state index is 12.3. The van der Waals surface area contributed by atoms with Crippen molar-refractivity contribution < 1.29 is 19.4 Å². The fraction of sp³-hybridized carbons (Fsp3) is 0.441. The molecule has 0 spiro atoms. The lowest BCUT2D eigenvalue weighted by Crippen LogP contribution is -2.40. The number of aliphatic hydroxyl groups is 1. The molecule has 5 rings (SSSR count). The Bertz CT molecular complexity index is 1280. The second kappa shape index (κ2) is 11.3. The molecule has 1 aliphatic heterocycles. The van der Waals surface area contributed by atoms with Crippen LogP contribution in [0.5, 0.6) is 5.75 Å². The van der Waals surface area contributed by atoms with Gasteiger partial charge in [-0.15, -0.1) is 0 Å². The summed E-state index contributed by atoms with van der Waals surface area (Å²) in [6, 6.07) is 18.0. The van der Waals surface area contributed by atoms with Crippen molar-refractivity contribution in [1.82, 2.24) is 0 Å². The van der Waals surface area contributed by atoms with Crippen molar-refractivity contribution in [2.75, 3.05) is 13.7 Å². The number of ether oxygens (including phenoxy) is 2. The monoisotopic (exact) mass is 510 g/mol. The third-order valence-electron chi connectivity index (χ3n) is 8.71. The standard InChI is InChI=1S/C34H38O4/c1-23-17-19-34(36,20-18-25-7-5-4-6-8-25)24(2)22-38-33(26-9-13-29(37-3)14-10-26)32-30(23)15-11-27-21-28(35)12-16-31(27)32/h4-10,13-14,21,23-24,30,33,36H,11-12,15-17,19,22H2,1-3H3/t23?,24-,30?,33+,34+/m0/s1. The van der Waals surface area contributed by atoms with Gasteiger partial charge in [0.1, 0.15) is 17.5 Å². The van der Waals surface area contributed by atoms with Crippen molar-refractivity contribution in [1.29, 1.82) is 0 Å². The zero-order valence-corrected chi connectivity index (χ0v) is 22.7. The fourth-order valence-electron chi connectivity index (χ4n) is 6.25. The van der Waals surface area contributed by atoms with Crippen molar-refractivity contribution in [2.45, 2.75) is 64.1 Å². The number of rotatable bonds is 2. The predicted octanol–water partition coefficient (Wildman–Crippen LogP) is 6.60. The minimum Gasteiger partial charge on any atom is -0.497 e. The number of ketones is 1. The summed E-state index contributed by atoms with van der Waals surface area (Å²) in [6.07, 6.45) is 6.35. The van der Waals surface area contributed by atoms with Crippen LogP contribution in [0.25, 0.3) is 0 Å². The molecule has 1 fully saturated rings. The van der Waals surface area contributed by atoms with Gasteiger partial charge in [-0.05, 0) is 96.6 Å². The number of allylic oxidation sites excluding steroid dienone is 3. The smallest absolute Gasteiger partial charge is 0.156 e. The Morgan fingerprint density at radius 2 is 1.76 bits per heavy atom. The van der Waals surface area contributed by atoms with Gasteiger partial charge in [-0.2, -0.15) is 0 Å². The summed E-state index contributed by atoms with van der Waals surface area (Å²) in [5.74, 6) is 7.99. The summed E-state index contributed by atoms with van der Waals surface area (Å²) in [5, 5.41) is 11.8. The van der Waals surface area contributed by atoms with Gasteiger partial charge in [0, 0.05) is 17.9 Å². The third-order valence-corrected chi connectivity index (χ3v) is 8.71. The molecule has 1 saturated heterocycles. The Morgan fingerprint density at radius 3 is 2.50 bits per heavy atom. The summed E-state index contributed by atoms with van der Waals surface area (Å²) in [5.41, 5.74) is 4.69. The summed E-state index contributed by atoms with van der Waals surface area (Å²) in [4.78, 5) is 12.3. The molecular weight excluding hydrogens is 472 g/mol. The highest BCUT2D eigenvalue weighted by atomic mass is 16.5. The normalized spacial score (nSPS) is 29.8. The van der Waals surface area contributed by atoms with Crippen LogP contribution in [-0.2, 0) is 9.53 Å². The first-order chi connectivity index (χ1) is 18.4. The first-order valence-corrected chi connectivity index (χ1v) is 13.9. The zero-order chi connectivity index (χ0) is 26.7. The molecule has 0 aromatic heterocycles. The van der Waals surface area contributed by atoms with E-state index in [1.165, 1.54) is 16.7 Å². The van der Waals surface area contributed by atoms with Crippen molar-refractivity contribution in [2.24, 2.45) is 17.8 Å². The van der Waals surface area contributed by atoms with Gasteiger partial charge in [-0.1, -0.05) is 56.0 Å². The molecule has 3 aliphatic rings. The van der Waals surface area contributed by atoms with E-state index >= 15 is 0 Å². The van der Waals surface area contributed by atoms with E-state index in [1.807, 2.05) is 55.5 Å². The van der Waals surface area contributed by atoms with Gasteiger partial charge < -0.3 is 14.6 Å². The van der Waals surface area contributed by atoms with Gasteiger partial charge in [0.05, 0.1) is 13.7 Å². The van der Waals surface area contributed by atoms with Crippen LogP contribution in [0.1, 0.15) is 69.6 Å². The number of carbonyl (C=O) groups is 1. The summed E-state index contributed by atoms with van der Waals surface area (Å²) in [6.45, 7) is 4.72. The average Bonchev–Trinajstić information content (AvgIpc) is 2.95. The van der Waals surface area contributed by atoms with E-state index in [4.69, 9.17) is 9.47 Å². The molecule has 0 saturated carbocycles. The van der Waals surface area contributed by atoms with Crippen LogP contribution >= 0.6 is 0 Å². The molecule has 0 radical (unpaired) electrons. The number of carbonyl (C=O) groups excluding carboxylic acids is 1. The Labute approximate surface area is 226 Å². The van der Waals surface area contributed by atoms with Crippen molar-refractivity contribution in [3.05, 3.63) is 88.5 Å². The molecule has 198 valence electrons. The summed E-state index contributed by atoms with van der Waals surface area (Å²) in [7, 11) is 1.67. The lowest BCUT2D eigenvalue weighted by Gasteiger charge is -2.42. The molecule has 2 aromatic carbocycles. The molecule has 0 bridgehead atoms. The highest BCUT2D eigenvalue weighted by molar-refractivity contribution is 5.93. The predicted molar refractivity (Wildman–Crippen MR) is 150 cm³/mol. The van der Waals surface area contributed by atoms with Gasteiger partial charge in [-0.25, -0.2) is 0 Å². The molecule has 4 nitrogen and oxygen atoms in total. The molecule has 0 amide bonds. The van der Waals surface area contributed by atoms with E-state index in [2.05, 4.69) is 30.9 Å². The minimum atomic E-state index is -1.14. The second-order valence-corrected chi connectivity index (χ2v) is 11.2. The van der Waals surface area contributed by atoms with Crippen LogP contribution in [0.2, 0.25) is 0 Å². The van der Waals surface area contributed by atoms with Gasteiger partial charge in [0.2, 0.25) is 0 Å². The number of benzene rings is 2. The average molecular weight is 511 g/mol. The topological polar surface area (TPSA) is 55.8 Å². The maximum absolute atomic E-state index is 12.3. The van der Waals surface area contributed by atoms with E-state index in [9.17, 15) is 9.90 Å². The van der Waals surface area contributed by atoms with Gasteiger partial charge >= 0.3 is 0 Å². The number of hydrogen-bond donors (Lipinski definition) is 1. The van der Waals surface area contributed by atoms with Crippen molar-refractivity contribution >= 4 is 5.78 Å². The van der Waals surface area contributed by atoms with Crippen LogP contribution in [-0.4, -0.2) is 30.2 Å². The quantitative estimate of drug-likeness (QED) is 0.463. The lowest BCUT2D eigenvalue weighted by molar-refractivity contribution is -0.114. The maximum Gasteiger partial charge on any atom is 0.156 e. The van der Waals surface area contributed by atoms with E-state index < -0.39 is 5.60 Å². The number of methoxy groups -OCH3 is 1. The summed E-state index contributed by atoms with van der Waals surface area (Å²) < 4.78 is 12.2. The Morgan fingerprint density at radius 1 is 1.00 bits per heavy atom. The summed E-state index contributed by atoms with van der Waals surface area (Å²) >= 11 is 0. The van der Waals surface area contributed by atoms with Gasteiger partial charge in [0.25, 0.3) is 0 Å². The Kier molecular flexibility index (Phi) is 7.88. The van der Waals surface area contributed by atoms with E-state index in [1.54, 1.807) is 7.11 Å². The molecule has 38 heavy (non-hydrogen) atoms. The van der Waals surface area contributed by atoms with Crippen LogP contribution in [0.15, 0.2) is 77.4 Å². The molecule has 5 atom stereocenters. The second-order valence-electron chi connectivity index (χ2n) is 11.2.